The summed E-state index contributed by atoms with van der Waals surface area (Å²) < 4.78 is 0.837. The highest BCUT2D eigenvalue weighted by Crippen LogP contribution is 2.13. The molecule has 1 aromatic heterocycles. The molecule has 0 spiro atoms. The highest BCUT2D eigenvalue weighted by Gasteiger charge is 2.14. The van der Waals surface area contributed by atoms with Crippen LogP contribution in [0, 0.1) is 0 Å². The molecule has 1 amide bonds. The average molecular weight is 336 g/mol. The van der Waals surface area contributed by atoms with Gasteiger partial charge in [0.1, 0.15) is 11.6 Å². The molecule has 1 heterocycles. The number of hydrogen-bond acceptors (Lipinski definition) is 4. The van der Waals surface area contributed by atoms with E-state index in [0.29, 0.717) is 12.2 Å². The number of carbonyl (C=O) groups is 1. The van der Waals surface area contributed by atoms with E-state index in [1.807, 2.05) is 0 Å². The van der Waals surface area contributed by atoms with Crippen LogP contribution in [0.15, 0.2) is 47.1 Å². The molecule has 1 aromatic carbocycles. The van der Waals surface area contributed by atoms with Crippen molar-refractivity contribution in [3.8, 4) is 5.75 Å². The Morgan fingerprint density at radius 3 is 2.60 bits per heavy atom. The first-order valence-corrected chi connectivity index (χ1v) is 6.80. The van der Waals surface area contributed by atoms with Crippen LogP contribution in [0.3, 0.4) is 0 Å². The van der Waals surface area contributed by atoms with Gasteiger partial charge in [-0.05, 0) is 52.2 Å². The predicted molar refractivity (Wildman–Crippen MR) is 80.4 cm³/mol. The molecule has 0 radical (unpaired) electrons. The second-order valence-corrected chi connectivity index (χ2v) is 5.24. The number of amides is 1. The number of aromatic hydroxyl groups is 1. The lowest BCUT2D eigenvalue weighted by atomic mass is 10.1. The van der Waals surface area contributed by atoms with Gasteiger partial charge in [0.15, 0.2) is 0 Å². The number of nitrogens with zero attached hydrogens (tertiary/aromatic N) is 1. The first-order valence-electron chi connectivity index (χ1n) is 6.00. The largest absolute Gasteiger partial charge is 0.508 e. The summed E-state index contributed by atoms with van der Waals surface area (Å²) in [6.45, 7) is 0. The zero-order chi connectivity index (χ0) is 14.5. The van der Waals surface area contributed by atoms with Crippen LogP contribution in [0.25, 0.3) is 0 Å². The third kappa shape index (κ3) is 4.04. The molecule has 6 heteroatoms. The van der Waals surface area contributed by atoms with Crippen LogP contribution in [-0.2, 0) is 11.2 Å². The fourth-order valence-electron chi connectivity index (χ4n) is 1.65. The van der Waals surface area contributed by atoms with Gasteiger partial charge in [-0.3, -0.25) is 4.79 Å². The van der Waals surface area contributed by atoms with Crippen molar-refractivity contribution in [2.45, 2.75) is 12.5 Å². The third-order valence-electron chi connectivity index (χ3n) is 2.71. The number of aromatic nitrogens is 1. The van der Waals surface area contributed by atoms with Gasteiger partial charge in [-0.1, -0.05) is 12.1 Å². The second kappa shape index (κ2) is 6.49. The SMILES string of the molecule is N[C@@H](Cc1ccc(O)cc1)C(=O)Nc1ccc(Br)cn1. The summed E-state index contributed by atoms with van der Waals surface area (Å²) in [7, 11) is 0. The quantitative estimate of drug-likeness (QED) is 0.797. The van der Waals surface area contributed by atoms with Gasteiger partial charge in [0.05, 0.1) is 6.04 Å². The Morgan fingerprint density at radius 2 is 2.00 bits per heavy atom. The minimum absolute atomic E-state index is 0.186. The number of pyridine rings is 1. The summed E-state index contributed by atoms with van der Waals surface area (Å²) in [6.07, 6.45) is 1.99. The molecule has 0 fully saturated rings. The molecular formula is C14H14BrN3O2. The highest BCUT2D eigenvalue weighted by atomic mass is 79.9. The molecule has 0 unspecified atom stereocenters. The third-order valence-corrected chi connectivity index (χ3v) is 3.18. The molecule has 0 bridgehead atoms. The van der Waals surface area contributed by atoms with Gasteiger partial charge < -0.3 is 16.2 Å². The molecule has 0 aliphatic carbocycles. The molecular weight excluding hydrogens is 322 g/mol. The molecule has 5 nitrogen and oxygen atoms in total. The standard InChI is InChI=1S/C14H14BrN3O2/c15-10-3-6-13(17-8-10)18-14(20)12(16)7-9-1-4-11(19)5-2-9/h1-6,8,12,19H,7,16H2,(H,17,18,20)/t12-/m0/s1. The zero-order valence-electron chi connectivity index (χ0n) is 10.6. The topological polar surface area (TPSA) is 88.2 Å². The van der Waals surface area contributed by atoms with Gasteiger partial charge in [-0.2, -0.15) is 0 Å². The van der Waals surface area contributed by atoms with E-state index in [0.717, 1.165) is 10.0 Å². The number of nitrogens with one attached hydrogen (secondary N) is 1. The Labute approximate surface area is 125 Å². The summed E-state index contributed by atoms with van der Waals surface area (Å²) in [6, 6.07) is 9.40. The summed E-state index contributed by atoms with van der Waals surface area (Å²) in [5, 5.41) is 11.8. The van der Waals surface area contributed by atoms with Gasteiger partial charge in [0, 0.05) is 10.7 Å². The lowest BCUT2D eigenvalue weighted by molar-refractivity contribution is -0.117. The fourth-order valence-corrected chi connectivity index (χ4v) is 1.88. The van der Waals surface area contributed by atoms with Gasteiger partial charge in [0.25, 0.3) is 0 Å². The van der Waals surface area contributed by atoms with Gasteiger partial charge in [0.2, 0.25) is 5.91 Å². The van der Waals surface area contributed by atoms with Crippen LogP contribution in [-0.4, -0.2) is 22.0 Å². The van der Waals surface area contributed by atoms with E-state index in [4.69, 9.17) is 5.73 Å². The van der Waals surface area contributed by atoms with Crippen molar-refractivity contribution in [3.63, 3.8) is 0 Å². The van der Waals surface area contributed by atoms with Crippen LogP contribution in [0.1, 0.15) is 5.56 Å². The van der Waals surface area contributed by atoms with Crippen molar-refractivity contribution in [1.29, 1.82) is 0 Å². The van der Waals surface area contributed by atoms with E-state index in [9.17, 15) is 9.90 Å². The van der Waals surface area contributed by atoms with E-state index in [1.165, 1.54) is 0 Å². The second-order valence-electron chi connectivity index (χ2n) is 4.33. The molecule has 1 atom stereocenters. The number of phenols is 1. The maximum absolute atomic E-state index is 11.9. The average Bonchev–Trinajstić information content (AvgIpc) is 2.44. The molecule has 2 aromatic rings. The van der Waals surface area contributed by atoms with E-state index < -0.39 is 6.04 Å². The minimum atomic E-state index is -0.676. The monoisotopic (exact) mass is 335 g/mol. The summed E-state index contributed by atoms with van der Waals surface area (Å²) in [4.78, 5) is 16.0. The van der Waals surface area contributed by atoms with Gasteiger partial charge in [-0.25, -0.2) is 4.98 Å². The summed E-state index contributed by atoms with van der Waals surface area (Å²) in [5.74, 6) is 0.345. The number of hydrogen-bond donors (Lipinski definition) is 3. The van der Waals surface area contributed by atoms with Crippen LogP contribution >= 0.6 is 15.9 Å². The number of benzene rings is 1. The van der Waals surface area contributed by atoms with Crippen molar-refractivity contribution in [2.75, 3.05) is 5.32 Å². The van der Waals surface area contributed by atoms with Crippen molar-refractivity contribution in [3.05, 3.63) is 52.6 Å². The van der Waals surface area contributed by atoms with Crippen LogP contribution in [0.2, 0.25) is 0 Å². The maximum Gasteiger partial charge on any atom is 0.242 e. The maximum atomic E-state index is 11.9. The lowest BCUT2D eigenvalue weighted by Gasteiger charge is -2.12. The lowest BCUT2D eigenvalue weighted by Crippen LogP contribution is -2.37. The van der Waals surface area contributed by atoms with Crippen molar-refractivity contribution >= 4 is 27.7 Å². The molecule has 104 valence electrons. The van der Waals surface area contributed by atoms with Gasteiger partial charge in [-0.15, -0.1) is 0 Å². The fraction of sp³-hybridized carbons (Fsp3) is 0.143. The number of nitrogens with two attached hydrogens (primary N) is 1. The van der Waals surface area contributed by atoms with Crippen LogP contribution < -0.4 is 11.1 Å². The van der Waals surface area contributed by atoms with E-state index in [-0.39, 0.29) is 11.7 Å². The smallest absolute Gasteiger partial charge is 0.242 e. The molecule has 0 saturated carbocycles. The highest BCUT2D eigenvalue weighted by molar-refractivity contribution is 9.10. The van der Waals surface area contributed by atoms with Crippen LogP contribution in [0.4, 0.5) is 5.82 Å². The number of phenolic OH excluding ortho intramolecular Hbond substituents is 1. The number of carbonyl (C=O) groups excluding carboxylic acids is 1. The summed E-state index contributed by atoms with van der Waals surface area (Å²) >= 11 is 3.27. The summed E-state index contributed by atoms with van der Waals surface area (Å²) in [5.41, 5.74) is 6.74. The first kappa shape index (κ1) is 14.5. The predicted octanol–water partition coefficient (Wildman–Crippen LogP) is 2.06. The van der Waals surface area contributed by atoms with Crippen molar-refractivity contribution in [2.24, 2.45) is 5.73 Å². The Kier molecular flexibility index (Phi) is 4.70. The Morgan fingerprint density at radius 1 is 1.30 bits per heavy atom. The Balaban J connectivity index is 1.94. The molecule has 4 N–H and O–H groups in total. The van der Waals surface area contributed by atoms with E-state index in [1.54, 1.807) is 42.6 Å². The Bertz CT molecular complexity index is 584. The van der Waals surface area contributed by atoms with E-state index >= 15 is 0 Å². The first-order chi connectivity index (χ1) is 9.54. The number of anilines is 1. The molecule has 20 heavy (non-hydrogen) atoms. The van der Waals surface area contributed by atoms with Crippen molar-refractivity contribution < 1.29 is 9.90 Å². The molecule has 0 saturated heterocycles. The Hall–Kier alpha value is -1.92. The van der Waals surface area contributed by atoms with Gasteiger partial charge >= 0.3 is 0 Å². The molecule has 0 aliphatic rings. The minimum Gasteiger partial charge on any atom is -0.508 e. The van der Waals surface area contributed by atoms with E-state index in [2.05, 4.69) is 26.2 Å². The number of rotatable bonds is 4. The normalized spacial score (nSPS) is 11.9. The van der Waals surface area contributed by atoms with Crippen LogP contribution in [0.5, 0.6) is 5.75 Å². The number of halogens is 1. The van der Waals surface area contributed by atoms with Crippen molar-refractivity contribution in [1.82, 2.24) is 4.98 Å². The zero-order valence-corrected chi connectivity index (χ0v) is 12.2. The molecule has 0 aliphatic heterocycles. The molecule has 2 rings (SSSR count).